The molecule has 1 aliphatic rings. The molecule has 0 atom stereocenters. The van der Waals surface area contributed by atoms with E-state index in [2.05, 4.69) is 25.1 Å². The lowest BCUT2D eigenvalue weighted by Crippen LogP contribution is -2.47. The Morgan fingerprint density at radius 2 is 1.68 bits per heavy atom. The van der Waals surface area contributed by atoms with Crippen LogP contribution in [0.2, 0.25) is 0 Å². The molecule has 0 aliphatic carbocycles. The van der Waals surface area contributed by atoms with Crippen LogP contribution in [0.3, 0.4) is 0 Å². The monoisotopic (exact) mass is 532 g/mol. The molecule has 1 fully saturated rings. The minimum Gasteiger partial charge on any atom is -0.353 e. The van der Waals surface area contributed by atoms with Crippen molar-refractivity contribution < 1.29 is 4.79 Å². The van der Waals surface area contributed by atoms with E-state index in [1.807, 2.05) is 37.3 Å². The molecule has 0 saturated carbocycles. The van der Waals surface area contributed by atoms with Crippen molar-refractivity contribution in [3.05, 3.63) is 112 Å². The zero-order valence-electron chi connectivity index (χ0n) is 22.1. The molecule has 10 nitrogen and oxygen atoms in total. The lowest BCUT2D eigenvalue weighted by Gasteiger charge is -2.35. The van der Waals surface area contributed by atoms with E-state index in [-0.39, 0.29) is 11.5 Å². The van der Waals surface area contributed by atoms with Gasteiger partial charge in [0.2, 0.25) is 5.95 Å². The van der Waals surface area contributed by atoms with E-state index in [9.17, 15) is 9.59 Å². The number of anilines is 2. The normalized spacial score (nSPS) is 13.4. The standard InChI is InChI=1S/C30H28N8O2/c1-21-25-11-12-27(39)38(24-9-7-23(8-10-24)29(40)33-20-22-5-4-13-31-19-22)28(25)35-30(34-21)37-17-15-36(16-18-37)26-6-2-3-14-32-26/h2-14,19H,15-18,20H2,1H3,(H,33,40). The van der Waals surface area contributed by atoms with Crippen molar-refractivity contribution in [2.75, 3.05) is 36.0 Å². The smallest absolute Gasteiger partial charge is 0.256 e. The number of fused-ring (bicyclic) bond motifs is 1. The van der Waals surface area contributed by atoms with Gasteiger partial charge in [-0.1, -0.05) is 12.1 Å². The second-order valence-electron chi connectivity index (χ2n) is 9.61. The number of aryl methyl sites for hydroxylation is 1. The number of carbonyl (C=O) groups excluding carboxylic acids is 1. The molecule has 0 radical (unpaired) electrons. The molecule has 0 bridgehead atoms. The van der Waals surface area contributed by atoms with Crippen LogP contribution in [0, 0.1) is 6.92 Å². The summed E-state index contributed by atoms with van der Waals surface area (Å²) in [6.07, 6.45) is 5.21. The highest BCUT2D eigenvalue weighted by molar-refractivity contribution is 5.94. The van der Waals surface area contributed by atoms with Crippen molar-refractivity contribution >= 4 is 28.7 Å². The topological polar surface area (TPSA) is 109 Å². The number of rotatable bonds is 6. The number of piperazine rings is 1. The van der Waals surface area contributed by atoms with Crippen molar-refractivity contribution in [2.24, 2.45) is 0 Å². The number of aromatic nitrogens is 5. The molecule has 1 amide bonds. The summed E-state index contributed by atoms with van der Waals surface area (Å²) >= 11 is 0. The van der Waals surface area contributed by atoms with Crippen molar-refractivity contribution in [1.29, 1.82) is 0 Å². The van der Waals surface area contributed by atoms with E-state index in [0.717, 1.165) is 48.6 Å². The molecule has 5 aromatic rings. The maximum Gasteiger partial charge on any atom is 0.256 e. The van der Waals surface area contributed by atoms with Gasteiger partial charge in [0.05, 0.1) is 11.4 Å². The van der Waals surface area contributed by atoms with E-state index >= 15 is 0 Å². The predicted molar refractivity (Wildman–Crippen MR) is 154 cm³/mol. The quantitative estimate of drug-likeness (QED) is 0.355. The fourth-order valence-corrected chi connectivity index (χ4v) is 4.87. The highest BCUT2D eigenvalue weighted by Crippen LogP contribution is 2.22. The molecule has 4 aromatic heterocycles. The van der Waals surface area contributed by atoms with Crippen molar-refractivity contribution in [2.45, 2.75) is 13.5 Å². The van der Waals surface area contributed by atoms with E-state index in [1.165, 1.54) is 6.07 Å². The first kappa shape index (κ1) is 25.2. The number of nitrogens with zero attached hydrogens (tertiary/aromatic N) is 7. The minimum atomic E-state index is -0.203. The molecule has 0 unspecified atom stereocenters. The van der Waals surface area contributed by atoms with Crippen LogP contribution in [0.25, 0.3) is 16.7 Å². The molecule has 200 valence electrons. The van der Waals surface area contributed by atoms with Gasteiger partial charge in [-0.05, 0) is 61.0 Å². The molecule has 1 N–H and O–H groups in total. The van der Waals surface area contributed by atoms with Crippen molar-refractivity contribution in [3.8, 4) is 5.69 Å². The second-order valence-corrected chi connectivity index (χ2v) is 9.61. The molecule has 5 heterocycles. The summed E-state index contributed by atoms with van der Waals surface area (Å²) in [5.74, 6) is 1.35. The Labute approximate surface area is 231 Å². The number of benzene rings is 1. The molecule has 0 spiro atoms. The van der Waals surface area contributed by atoms with Gasteiger partial charge in [-0.25, -0.2) is 9.97 Å². The van der Waals surface area contributed by atoms with Gasteiger partial charge in [0.15, 0.2) is 5.65 Å². The van der Waals surface area contributed by atoms with Gasteiger partial charge in [-0.3, -0.25) is 19.1 Å². The number of nitrogens with one attached hydrogen (secondary N) is 1. The number of carbonyl (C=O) groups is 1. The van der Waals surface area contributed by atoms with Gasteiger partial charge in [-0.15, -0.1) is 0 Å². The van der Waals surface area contributed by atoms with Crippen LogP contribution in [0.15, 0.2) is 90.1 Å². The van der Waals surface area contributed by atoms with Gasteiger partial charge in [0.25, 0.3) is 11.5 Å². The number of pyridine rings is 3. The van der Waals surface area contributed by atoms with Gasteiger partial charge in [-0.2, -0.15) is 4.98 Å². The average Bonchev–Trinajstić information content (AvgIpc) is 3.01. The third-order valence-corrected chi connectivity index (χ3v) is 7.03. The number of hydrogen-bond donors (Lipinski definition) is 1. The molecule has 6 rings (SSSR count). The summed E-state index contributed by atoms with van der Waals surface area (Å²) < 4.78 is 1.58. The highest BCUT2D eigenvalue weighted by atomic mass is 16.1. The van der Waals surface area contributed by atoms with Crippen molar-refractivity contribution in [1.82, 2.24) is 29.8 Å². The van der Waals surface area contributed by atoms with Crippen LogP contribution in [-0.4, -0.2) is 56.6 Å². The third-order valence-electron chi connectivity index (χ3n) is 7.03. The Kier molecular flexibility index (Phi) is 6.88. The molecular weight excluding hydrogens is 504 g/mol. The zero-order chi connectivity index (χ0) is 27.5. The summed E-state index contributed by atoms with van der Waals surface area (Å²) in [6, 6.07) is 19.9. The first-order valence-electron chi connectivity index (χ1n) is 13.2. The fraction of sp³-hybridized carbons (Fsp3) is 0.200. The Morgan fingerprint density at radius 3 is 2.40 bits per heavy atom. The summed E-state index contributed by atoms with van der Waals surface area (Å²) in [5, 5.41) is 3.70. The lowest BCUT2D eigenvalue weighted by molar-refractivity contribution is 0.0951. The molecule has 1 aliphatic heterocycles. The highest BCUT2D eigenvalue weighted by Gasteiger charge is 2.22. The van der Waals surface area contributed by atoms with Gasteiger partial charge < -0.3 is 15.1 Å². The largest absolute Gasteiger partial charge is 0.353 e. The Balaban J connectivity index is 1.25. The van der Waals surface area contributed by atoms with Crippen molar-refractivity contribution in [3.63, 3.8) is 0 Å². The summed E-state index contributed by atoms with van der Waals surface area (Å²) in [4.78, 5) is 48.4. The first-order valence-corrected chi connectivity index (χ1v) is 13.2. The summed E-state index contributed by atoms with van der Waals surface area (Å²) in [6.45, 7) is 5.38. The van der Waals surface area contributed by atoms with Gasteiger partial charge >= 0.3 is 0 Å². The number of amides is 1. The van der Waals surface area contributed by atoms with Crippen LogP contribution < -0.4 is 20.7 Å². The van der Waals surface area contributed by atoms with Crippen LogP contribution in [0.1, 0.15) is 21.6 Å². The molecule has 1 aromatic carbocycles. The van der Waals surface area contributed by atoms with Crippen LogP contribution in [0.4, 0.5) is 11.8 Å². The molecule has 40 heavy (non-hydrogen) atoms. The minimum absolute atomic E-state index is 0.203. The molecule has 10 heteroatoms. The summed E-state index contributed by atoms with van der Waals surface area (Å²) in [7, 11) is 0. The Morgan fingerprint density at radius 1 is 0.875 bits per heavy atom. The predicted octanol–water partition coefficient (Wildman–Crippen LogP) is 3.14. The molecular formula is C30H28N8O2. The van der Waals surface area contributed by atoms with E-state index < -0.39 is 0 Å². The van der Waals surface area contributed by atoms with Crippen LogP contribution >= 0.6 is 0 Å². The lowest BCUT2D eigenvalue weighted by atomic mass is 10.1. The fourth-order valence-electron chi connectivity index (χ4n) is 4.87. The maximum atomic E-state index is 13.1. The van der Waals surface area contributed by atoms with E-state index in [0.29, 0.717) is 29.4 Å². The van der Waals surface area contributed by atoms with E-state index in [4.69, 9.17) is 9.97 Å². The van der Waals surface area contributed by atoms with Crippen LogP contribution in [-0.2, 0) is 6.54 Å². The Hall–Kier alpha value is -5.12. The molecule has 1 saturated heterocycles. The van der Waals surface area contributed by atoms with E-state index in [1.54, 1.807) is 53.5 Å². The Bertz CT molecular complexity index is 1700. The second kappa shape index (κ2) is 10.9. The maximum absolute atomic E-state index is 13.1. The SMILES string of the molecule is Cc1nc(N2CCN(c3ccccn3)CC2)nc2c1ccc(=O)n2-c1ccc(C(=O)NCc2cccnc2)cc1. The zero-order valence-corrected chi connectivity index (χ0v) is 22.1. The number of hydrogen-bond acceptors (Lipinski definition) is 8. The first-order chi connectivity index (χ1) is 19.6. The average molecular weight is 533 g/mol. The summed E-state index contributed by atoms with van der Waals surface area (Å²) in [5.41, 5.74) is 3.17. The van der Waals surface area contributed by atoms with Crippen LogP contribution in [0.5, 0.6) is 0 Å². The van der Waals surface area contributed by atoms with Gasteiger partial charge in [0.1, 0.15) is 5.82 Å². The third kappa shape index (κ3) is 5.11. The van der Waals surface area contributed by atoms with Gasteiger partial charge in [0, 0.05) is 68.3 Å².